The highest BCUT2D eigenvalue weighted by atomic mass is 16.5. The van der Waals surface area contributed by atoms with Crippen LogP contribution in [0.15, 0.2) is 60.9 Å². The second-order valence-corrected chi connectivity index (χ2v) is 5.13. The fourth-order valence-corrected chi connectivity index (χ4v) is 2.31. The van der Waals surface area contributed by atoms with E-state index in [-0.39, 0.29) is 0 Å². The predicted molar refractivity (Wildman–Crippen MR) is 93.0 cm³/mol. The highest BCUT2D eigenvalue weighted by molar-refractivity contribution is 5.59. The van der Waals surface area contributed by atoms with Gasteiger partial charge in [0, 0.05) is 18.2 Å². The first-order valence-corrected chi connectivity index (χ1v) is 7.81. The smallest absolute Gasteiger partial charge is 0.223 e. The Morgan fingerprint density at radius 3 is 2.54 bits per heavy atom. The molecule has 3 rings (SSSR count). The number of nitrogens with two attached hydrogens (primary N) is 1. The van der Waals surface area contributed by atoms with Crippen molar-refractivity contribution >= 4 is 0 Å². The maximum absolute atomic E-state index is 5.91. The summed E-state index contributed by atoms with van der Waals surface area (Å²) in [6, 6.07) is 17.3. The number of ether oxygens (including phenoxy) is 2. The first-order chi connectivity index (χ1) is 11.8. The summed E-state index contributed by atoms with van der Waals surface area (Å²) in [7, 11) is 0. The van der Waals surface area contributed by atoms with Crippen LogP contribution >= 0.6 is 0 Å². The van der Waals surface area contributed by atoms with Crippen molar-refractivity contribution in [3.63, 3.8) is 0 Å². The lowest BCUT2D eigenvalue weighted by atomic mass is 10.1. The molecule has 0 fully saturated rings. The third-order valence-electron chi connectivity index (χ3n) is 3.47. The van der Waals surface area contributed by atoms with Gasteiger partial charge in [-0.25, -0.2) is 9.97 Å². The lowest BCUT2D eigenvalue weighted by molar-refractivity contribution is 0.319. The van der Waals surface area contributed by atoms with E-state index in [4.69, 9.17) is 15.2 Å². The molecule has 0 radical (unpaired) electrons. The van der Waals surface area contributed by atoms with Gasteiger partial charge in [-0.15, -0.1) is 0 Å². The Bertz CT molecular complexity index is 807. The Morgan fingerprint density at radius 1 is 0.958 bits per heavy atom. The average molecular weight is 321 g/mol. The van der Waals surface area contributed by atoms with Crippen molar-refractivity contribution in [3.8, 4) is 28.6 Å². The molecule has 0 unspecified atom stereocenters. The first-order valence-electron chi connectivity index (χ1n) is 7.81. The molecule has 2 N–H and O–H groups in total. The van der Waals surface area contributed by atoms with Gasteiger partial charge in [0.1, 0.15) is 6.33 Å². The molecular formula is C19H19N3O2. The largest absolute Gasteiger partial charge is 0.490 e. The highest BCUT2D eigenvalue weighted by Gasteiger charge is 2.09. The van der Waals surface area contributed by atoms with Gasteiger partial charge in [0.2, 0.25) is 5.88 Å². The van der Waals surface area contributed by atoms with Crippen molar-refractivity contribution in [1.29, 1.82) is 0 Å². The zero-order valence-electron chi connectivity index (χ0n) is 13.5. The summed E-state index contributed by atoms with van der Waals surface area (Å²) in [5.74, 6) is 1.72. The van der Waals surface area contributed by atoms with Crippen LogP contribution in [0.5, 0.6) is 17.4 Å². The Labute approximate surface area is 141 Å². The van der Waals surface area contributed by atoms with Gasteiger partial charge in [0.25, 0.3) is 0 Å². The zero-order chi connectivity index (χ0) is 16.8. The van der Waals surface area contributed by atoms with Gasteiger partial charge in [0.15, 0.2) is 11.5 Å². The fourth-order valence-electron chi connectivity index (χ4n) is 2.31. The van der Waals surface area contributed by atoms with Crippen molar-refractivity contribution in [1.82, 2.24) is 9.97 Å². The minimum atomic E-state index is 0.450. The van der Waals surface area contributed by atoms with Crippen LogP contribution in [0.2, 0.25) is 0 Å². The van der Waals surface area contributed by atoms with E-state index in [1.165, 1.54) is 6.33 Å². The summed E-state index contributed by atoms with van der Waals surface area (Å²) in [4.78, 5) is 8.49. The maximum atomic E-state index is 5.91. The molecule has 0 aliphatic carbocycles. The molecule has 0 amide bonds. The molecule has 0 aliphatic heterocycles. The number of rotatable bonds is 6. The lowest BCUT2D eigenvalue weighted by Gasteiger charge is -2.12. The second kappa shape index (κ2) is 7.57. The predicted octanol–water partition coefficient (Wildman–Crippen LogP) is 3.79. The van der Waals surface area contributed by atoms with Crippen LogP contribution in [-0.2, 0) is 6.54 Å². The topological polar surface area (TPSA) is 70.3 Å². The molecule has 1 aromatic heterocycles. The molecule has 0 spiro atoms. The third kappa shape index (κ3) is 3.70. The van der Waals surface area contributed by atoms with Gasteiger partial charge >= 0.3 is 0 Å². The van der Waals surface area contributed by atoms with E-state index >= 15 is 0 Å². The summed E-state index contributed by atoms with van der Waals surface area (Å²) in [5, 5.41) is 0. The van der Waals surface area contributed by atoms with Crippen molar-refractivity contribution in [2.24, 2.45) is 5.73 Å². The lowest BCUT2D eigenvalue weighted by Crippen LogP contribution is -2.00. The van der Waals surface area contributed by atoms with Gasteiger partial charge < -0.3 is 15.2 Å². The van der Waals surface area contributed by atoms with Crippen molar-refractivity contribution in [2.45, 2.75) is 13.5 Å². The standard InChI is InChI=1S/C19H19N3O2/c1-2-23-18-10-14(12-20)8-9-17(18)24-19-11-16(21-13-22-19)15-6-4-3-5-7-15/h3-11,13H,2,12,20H2,1H3. The average Bonchev–Trinajstić information content (AvgIpc) is 2.64. The molecule has 0 saturated heterocycles. The van der Waals surface area contributed by atoms with Crippen LogP contribution in [0, 0.1) is 0 Å². The van der Waals surface area contributed by atoms with Crippen LogP contribution in [0.25, 0.3) is 11.3 Å². The Kier molecular flexibility index (Phi) is 5.03. The van der Waals surface area contributed by atoms with E-state index in [0.29, 0.717) is 30.5 Å². The number of hydrogen-bond donors (Lipinski definition) is 1. The van der Waals surface area contributed by atoms with E-state index in [9.17, 15) is 0 Å². The third-order valence-corrected chi connectivity index (χ3v) is 3.47. The molecule has 0 aliphatic rings. The number of nitrogens with zero attached hydrogens (tertiary/aromatic N) is 2. The summed E-state index contributed by atoms with van der Waals surface area (Å²) in [6.45, 7) is 2.92. The van der Waals surface area contributed by atoms with Gasteiger partial charge in [0.05, 0.1) is 12.3 Å². The summed E-state index contributed by atoms with van der Waals surface area (Å²) < 4.78 is 11.5. The number of hydrogen-bond acceptors (Lipinski definition) is 5. The molecule has 0 bridgehead atoms. The molecule has 0 saturated carbocycles. The molecule has 3 aromatic rings. The molecule has 24 heavy (non-hydrogen) atoms. The van der Waals surface area contributed by atoms with E-state index in [0.717, 1.165) is 16.8 Å². The zero-order valence-corrected chi connectivity index (χ0v) is 13.5. The van der Waals surface area contributed by atoms with E-state index < -0.39 is 0 Å². The summed E-state index contributed by atoms with van der Waals surface area (Å²) >= 11 is 0. The van der Waals surface area contributed by atoms with E-state index in [1.54, 1.807) is 0 Å². The maximum Gasteiger partial charge on any atom is 0.223 e. The molecular weight excluding hydrogens is 302 g/mol. The summed E-state index contributed by atoms with van der Waals surface area (Å²) in [5.41, 5.74) is 8.48. The van der Waals surface area contributed by atoms with Crippen LogP contribution in [0.4, 0.5) is 0 Å². The SMILES string of the molecule is CCOc1cc(CN)ccc1Oc1cc(-c2ccccc2)ncn1. The molecule has 0 atom stereocenters. The first kappa shape index (κ1) is 16.0. The molecule has 2 aromatic carbocycles. The molecule has 5 nitrogen and oxygen atoms in total. The number of benzene rings is 2. The van der Waals surface area contributed by atoms with Crippen LogP contribution in [0.3, 0.4) is 0 Å². The Balaban J connectivity index is 1.89. The van der Waals surface area contributed by atoms with E-state index in [1.807, 2.05) is 61.5 Å². The Hall–Kier alpha value is -2.92. The van der Waals surface area contributed by atoms with Gasteiger partial charge in [-0.05, 0) is 24.6 Å². The van der Waals surface area contributed by atoms with Crippen molar-refractivity contribution in [3.05, 3.63) is 66.5 Å². The van der Waals surface area contributed by atoms with Gasteiger partial charge in [-0.3, -0.25) is 0 Å². The molecule has 1 heterocycles. The van der Waals surface area contributed by atoms with Gasteiger partial charge in [-0.1, -0.05) is 36.4 Å². The minimum Gasteiger partial charge on any atom is -0.490 e. The van der Waals surface area contributed by atoms with Crippen molar-refractivity contribution in [2.75, 3.05) is 6.61 Å². The van der Waals surface area contributed by atoms with Gasteiger partial charge in [-0.2, -0.15) is 0 Å². The van der Waals surface area contributed by atoms with Crippen LogP contribution < -0.4 is 15.2 Å². The number of aromatic nitrogens is 2. The highest BCUT2D eigenvalue weighted by Crippen LogP contribution is 2.32. The van der Waals surface area contributed by atoms with Crippen LogP contribution in [0.1, 0.15) is 12.5 Å². The van der Waals surface area contributed by atoms with Crippen LogP contribution in [-0.4, -0.2) is 16.6 Å². The minimum absolute atomic E-state index is 0.450. The van der Waals surface area contributed by atoms with Crippen molar-refractivity contribution < 1.29 is 9.47 Å². The Morgan fingerprint density at radius 2 is 1.79 bits per heavy atom. The normalized spacial score (nSPS) is 10.4. The molecule has 5 heteroatoms. The monoisotopic (exact) mass is 321 g/mol. The fraction of sp³-hybridized carbons (Fsp3) is 0.158. The second-order valence-electron chi connectivity index (χ2n) is 5.13. The van der Waals surface area contributed by atoms with E-state index in [2.05, 4.69) is 9.97 Å². The molecule has 122 valence electrons. The quantitative estimate of drug-likeness (QED) is 0.748. The summed E-state index contributed by atoms with van der Waals surface area (Å²) in [6.07, 6.45) is 1.49.